The van der Waals surface area contributed by atoms with Crippen molar-refractivity contribution in [1.29, 1.82) is 0 Å². The van der Waals surface area contributed by atoms with Crippen molar-refractivity contribution in [3.63, 3.8) is 0 Å². The summed E-state index contributed by atoms with van der Waals surface area (Å²) in [7, 11) is 0. The lowest BCUT2D eigenvalue weighted by Crippen LogP contribution is -2.30. The van der Waals surface area contributed by atoms with Crippen molar-refractivity contribution in [3.05, 3.63) is 104 Å². The lowest BCUT2D eigenvalue weighted by Gasteiger charge is -2.15. The van der Waals surface area contributed by atoms with E-state index in [2.05, 4.69) is 5.32 Å². The number of urea groups is 1. The molecule has 0 atom stereocenters. The molecule has 0 bridgehead atoms. The van der Waals surface area contributed by atoms with Crippen molar-refractivity contribution >= 4 is 35.3 Å². The first-order chi connectivity index (χ1) is 17.7. The number of amides is 3. The van der Waals surface area contributed by atoms with Crippen LogP contribution in [0.15, 0.2) is 66.4 Å². The average molecular weight is 522 g/mol. The van der Waals surface area contributed by atoms with E-state index in [1.54, 1.807) is 24.3 Å². The van der Waals surface area contributed by atoms with E-state index in [1.165, 1.54) is 18.2 Å². The molecule has 10 heteroatoms. The van der Waals surface area contributed by atoms with Crippen molar-refractivity contribution in [2.75, 3.05) is 6.61 Å². The number of ether oxygens (including phenoxy) is 2. The number of carbonyl (C=O) groups excluding carboxylic acids is 2. The number of non-ortho nitro benzene ring substituents is 1. The highest BCUT2D eigenvalue weighted by molar-refractivity contribution is 6.32. The minimum atomic E-state index is -0.504. The van der Waals surface area contributed by atoms with Gasteiger partial charge >= 0.3 is 6.03 Å². The Morgan fingerprint density at radius 1 is 1.03 bits per heavy atom. The molecule has 1 aliphatic rings. The Morgan fingerprint density at radius 2 is 1.70 bits per heavy atom. The zero-order valence-corrected chi connectivity index (χ0v) is 20.9. The molecule has 0 spiro atoms. The van der Waals surface area contributed by atoms with Gasteiger partial charge in [-0.25, -0.2) is 4.79 Å². The van der Waals surface area contributed by atoms with Crippen molar-refractivity contribution in [3.8, 4) is 11.5 Å². The number of hydrogen-bond donors (Lipinski definition) is 1. The number of nitrogens with one attached hydrogen (secondary N) is 1. The number of imide groups is 1. The third-order valence-corrected chi connectivity index (χ3v) is 5.88. The van der Waals surface area contributed by atoms with Crippen LogP contribution in [0.1, 0.15) is 29.2 Å². The molecule has 0 radical (unpaired) electrons. The Hall–Kier alpha value is -4.37. The minimum Gasteiger partial charge on any atom is -0.490 e. The maximum atomic E-state index is 12.9. The zero-order chi connectivity index (χ0) is 26.5. The van der Waals surface area contributed by atoms with E-state index in [0.717, 1.165) is 16.0 Å². The molecule has 0 unspecified atom stereocenters. The number of carbonyl (C=O) groups is 2. The first-order valence-corrected chi connectivity index (χ1v) is 11.9. The number of benzene rings is 3. The summed E-state index contributed by atoms with van der Waals surface area (Å²) in [5, 5.41) is 13.7. The fraction of sp³-hybridized carbons (Fsp3) is 0.185. The standard InChI is InChI=1S/C27H24ClN3O6/c1-3-36-24-14-20(12-22(28)25(24)37-16-19-8-10-21(11-9-19)31(34)35)13-23-26(32)30(27(33)29-23)15-18-6-4-17(2)5-7-18/h4-14H,3,15-16H2,1-2H3,(H,29,33)/b23-13+. The molecule has 1 heterocycles. The molecular formula is C27H24ClN3O6. The van der Waals surface area contributed by atoms with Gasteiger partial charge in [0.1, 0.15) is 12.3 Å². The summed E-state index contributed by atoms with van der Waals surface area (Å²) in [5.41, 5.74) is 3.28. The average Bonchev–Trinajstić information content (AvgIpc) is 3.12. The summed E-state index contributed by atoms with van der Waals surface area (Å²) in [6.07, 6.45) is 1.53. The molecule has 0 aliphatic carbocycles. The third-order valence-electron chi connectivity index (χ3n) is 5.60. The van der Waals surface area contributed by atoms with Crippen LogP contribution in [0.5, 0.6) is 11.5 Å². The van der Waals surface area contributed by atoms with Crippen LogP contribution in [-0.4, -0.2) is 28.4 Å². The Labute approximate surface area is 218 Å². The molecule has 0 aromatic heterocycles. The second-order valence-corrected chi connectivity index (χ2v) is 8.75. The van der Waals surface area contributed by atoms with Crippen LogP contribution in [0.2, 0.25) is 5.02 Å². The van der Waals surface area contributed by atoms with Gasteiger partial charge in [-0.2, -0.15) is 0 Å². The second-order valence-electron chi connectivity index (χ2n) is 8.34. The third kappa shape index (κ3) is 6.07. The number of aryl methyl sites for hydroxylation is 1. The summed E-state index contributed by atoms with van der Waals surface area (Å²) >= 11 is 6.50. The minimum absolute atomic E-state index is 0.0137. The van der Waals surface area contributed by atoms with Crippen LogP contribution < -0.4 is 14.8 Å². The number of nitrogens with zero attached hydrogens (tertiary/aromatic N) is 2. The number of hydrogen-bond acceptors (Lipinski definition) is 6. The van der Waals surface area contributed by atoms with E-state index in [9.17, 15) is 19.7 Å². The molecule has 37 heavy (non-hydrogen) atoms. The van der Waals surface area contributed by atoms with E-state index in [0.29, 0.717) is 29.2 Å². The molecule has 1 N–H and O–H groups in total. The summed E-state index contributed by atoms with van der Waals surface area (Å²) in [4.78, 5) is 36.9. The predicted octanol–water partition coefficient (Wildman–Crippen LogP) is 5.63. The maximum absolute atomic E-state index is 12.9. The van der Waals surface area contributed by atoms with Crippen LogP contribution in [0.3, 0.4) is 0 Å². The quantitative estimate of drug-likeness (QED) is 0.169. The highest BCUT2D eigenvalue weighted by atomic mass is 35.5. The van der Waals surface area contributed by atoms with E-state index in [1.807, 2.05) is 38.1 Å². The van der Waals surface area contributed by atoms with Gasteiger partial charge in [-0.05, 0) is 60.9 Å². The SMILES string of the molecule is CCOc1cc(/C=C2/NC(=O)N(Cc3ccc(C)cc3)C2=O)cc(Cl)c1OCc1ccc([N+](=O)[O-])cc1. The van der Waals surface area contributed by atoms with Gasteiger partial charge in [0.05, 0.1) is 23.1 Å². The molecule has 4 rings (SSSR count). The van der Waals surface area contributed by atoms with Gasteiger partial charge in [0, 0.05) is 12.1 Å². The van der Waals surface area contributed by atoms with Gasteiger partial charge < -0.3 is 14.8 Å². The van der Waals surface area contributed by atoms with Crippen LogP contribution in [0.25, 0.3) is 6.08 Å². The number of nitro groups is 1. The van der Waals surface area contributed by atoms with E-state index in [-0.39, 0.29) is 29.6 Å². The molecular weight excluding hydrogens is 498 g/mol. The Bertz CT molecular complexity index is 1370. The highest BCUT2D eigenvalue weighted by Crippen LogP contribution is 2.38. The first kappa shape index (κ1) is 25.7. The van der Waals surface area contributed by atoms with Gasteiger partial charge in [0.2, 0.25) is 0 Å². The number of halogens is 1. The second kappa shape index (κ2) is 11.1. The molecule has 1 fully saturated rings. The number of rotatable bonds is 9. The van der Waals surface area contributed by atoms with E-state index in [4.69, 9.17) is 21.1 Å². The van der Waals surface area contributed by atoms with Gasteiger partial charge in [-0.3, -0.25) is 19.8 Å². The molecule has 3 aromatic rings. The van der Waals surface area contributed by atoms with Gasteiger partial charge in [0.25, 0.3) is 11.6 Å². The normalized spacial score (nSPS) is 14.1. The molecule has 0 saturated carbocycles. The first-order valence-electron chi connectivity index (χ1n) is 11.5. The summed E-state index contributed by atoms with van der Waals surface area (Å²) < 4.78 is 11.6. The smallest absolute Gasteiger partial charge is 0.329 e. The summed E-state index contributed by atoms with van der Waals surface area (Å²) in [6.45, 7) is 4.38. The predicted molar refractivity (Wildman–Crippen MR) is 138 cm³/mol. The Kier molecular flexibility index (Phi) is 7.74. The Balaban J connectivity index is 1.52. The van der Waals surface area contributed by atoms with Gasteiger partial charge in [-0.1, -0.05) is 41.4 Å². The Morgan fingerprint density at radius 3 is 2.35 bits per heavy atom. The number of nitro benzene ring substituents is 1. The largest absolute Gasteiger partial charge is 0.490 e. The monoisotopic (exact) mass is 521 g/mol. The molecule has 9 nitrogen and oxygen atoms in total. The lowest BCUT2D eigenvalue weighted by molar-refractivity contribution is -0.384. The van der Waals surface area contributed by atoms with Crippen molar-refractivity contribution < 1.29 is 24.0 Å². The van der Waals surface area contributed by atoms with E-state index < -0.39 is 16.9 Å². The molecule has 1 saturated heterocycles. The molecule has 3 amide bonds. The fourth-order valence-corrected chi connectivity index (χ4v) is 3.98. The van der Waals surface area contributed by atoms with Gasteiger partial charge in [0.15, 0.2) is 11.5 Å². The van der Waals surface area contributed by atoms with Crippen LogP contribution in [0, 0.1) is 17.0 Å². The highest BCUT2D eigenvalue weighted by Gasteiger charge is 2.33. The van der Waals surface area contributed by atoms with Crippen LogP contribution in [0.4, 0.5) is 10.5 Å². The van der Waals surface area contributed by atoms with Crippen molar-refractivity contribution in [2.45, 2.75) is 27.0 Å². The fourth-order valence-electron chi connectivity index (χ4n) is 3.70. The summed E-state index contributed by atoms with van der Waals surface area (Å²) in [6, 6.07) is 16.4. The lowest BCUT2D eigenvalue weighted by atomic mass is 10.1. The van der Waals surface area contributed by atoms with Crippen LogP contribution >= 0.6 is 11.6 Å². The maximum Gasteiger partial charge on any atom is 0.329 e. The zero-order valence-electron chi connectivity index (χ0n) is 20.2. The summed E-state index contributed by atoms with van der Waals surface area (Å²) in [5.74, 6) is 0.210. The van der Waals surface area contributed by atoms with Crippen molar-refractivity contribution in [2.24, 2.45) is 0 Å². The topological polar surface area (TPSA) is 111 Å². The molecule has 1 aliphatic heterocycles. The van der Waals surface area contributed by atoms with Crippen LogP contribution in [-0.2, 0) is 17.9 Å². The van der Waals surface area contributed by atoms with E-state index >= 15 is 0 Å². The molecule has 190 valence electrons. The van der Waals surface area contributed by atoms with Gasteiger partial charge in [-0.15, -0.1) is 0 Å². The molecule has 3 aromatic carbocycles. The van der Waals surface area contributed by atoms with Crippen molar-refractivity contribution in [1.82, 2.24) is 10.2 Å².